The van der Waals surface area contributed by atoms with E-state index in [9.17, 15) is 19.1 Å². The fraction of sp³-hybridized carbons (Fsp3) is 0.300. The van der Waals surface area contributed by atoms with E-state index < -0.39 is 20.5 Å². The SMILES string of the molecule is CC(=O)N[C@@H](COP(=O)([O-])[O-])c1ccccc1.[Na+].[Na+]. The molecule has 1 atom stereocenters. The van der Waals surface area contributed by atoms with E-state index in [1.165, 1.54) is 6.92 Å². The van der Waals surface area contributed by atoms with E-state index in [4.69, 9.17) is 0 Å². The minimum Gasteiger partial charge on any atom is -0.790 e. The molecule has 1 aromatic rings. The Morgan fingerprint density at radius 1 is 1.32 bits per heavy atom. The van der Waals surface area contributed by atoms with Crippen LogP contribution < -0.4 is 74.2 Å². The molecular formula is C10H12NNa2O5P. The van der Waals surface area contributed by atoms with Crippen LogP contribution in [-0.4, -0.2) is 12.5 Å². The number of phosphoric ester groups is 1. The van der Waals surface area contributed by atoms with Crippen molar-refractivity contribution < 1.29 is 82.8 Å². The fourth-order valence-corrected chi connectivity index (χ4v) is 1.65. The van der Waals surface area contributed by atoms with Gasteiger partial charge in [0.1, 0.15) is 0 Å². The van der Waals surface area contributed by atoms with E-state index in [0.717, 1.165) is 0 Å². The molecule has 1 N–H and O–H groups in total. The molecular weight excluding hydrogens is 291 g/mol. The van der Waals surface area contributed by atoms with Gasteiger partial charge in [-0.25, -0.2) is 0 Å². The van der Waals surface area contributed by atoms with Gasteiger partial charge in [-0.2, -0.15) is 0 Å². The topological polar surface area (TPSA) is 102 Å². The van der Waals surface area contributed by atoms with Crippen LogP contribution in [0.5, 0.6) is 0 Å². The Balaban J connectivity index is 0. The van der Waals surface area contributed by atoms with Crippen molar-refractivity contribution in [3.8, 4) is 0 Å². The average Bonchev–Trinajstić information content (AvgIpc) is 2.24. The summed E-state index contributed by atoms with van der Waals surface area (Å²) in [5.41, 5.74) is 0.663. The first-order chi connectivity index (χ1) is 7.88. The van der Waals surface area contributed by atoms with E-state index in [1.807, 2.05) is 0 Å². The number of hydrogen-bond acceptors (Lipinski definition) is 5. The first-order valence-electron chi connectivity index (χ1n) is 4.87. The van der Waals surface area contributed by atoms with Crippen LogP contribution in [0.25, 0.3) is 0 Å². The first kappa shape index (κ1) is 22.1. The monoisotopic (exact) mass is 303 g/mol. The van der Waals surface area contributed by atoms with Crippen LogP contribution in [0.1, 0.15) is 18.5 Å². The summed E-state index contributed by atoms with van der Waals surface area (Å²) in [6.07, 6.45) is 0. The number of amides is 1. The number of carbonyl (C=O) groups is 1. The second-order valence-electron chi connectivity index (χ2n) is 3.41. The number of benzene rings is 1. The zero-order valence-corrected chi connectivity index (χ0v) is 16.1. The summed E-state index contributed by atoms with van der Waals surface area (Å²) in [6.45, 7) is 0.887. The molecule has 0 bridgehead atoms. The summed E-state index contributed by atoms with van der Waals surface area (Å²) in [5, 5.41) is 2.51. The van der Waals surface area contributed by atoms with Crippen LogP contribution in [-0.2, 0) is 13.9 Å². The maximum Gasteiger partial charge on any atom is 1.00 e. The van der Waals surface area contributed by atoms with Gasteiger partial charge in [0.2, 0.25) is 5.91 Å². The molecule has 1 rings (SSSR count). The summed E-state index contributed by atoms with van der Waals surface area (Å²) in [4.78, 5) is 31.7. The molecule has 94 valence electrons. The third kappa shape index (κ3) is 10.2. The molecule has 0 fully saturated rings. The van der Waals surface area contributed by atoms with Gasteiger partial charge in [-0.05, 0) is 5.56 Å². The largest absolute Gasteiger partial charge is 1.00 e. The van der Waals surface area contributed by atoms with Crippen LogP contribution >= 0.6 is 7.82 Å². The van der Waals surface area contributed by atoms with Crippen molar-refractivity contribution in [1.29, 1.82) is 0 Å². The number of rotatable bonds is 5. The molecule has 1 amide bonds. The Kier molecular flexibility index (Phi) is 12.2. The van der Waals surface area contributed by atoms with Crippen molar-refractivity contribution in [2.75, 3.05) is 6.61 Å². The van der Waals surface area contributed by atoms with Gasteiger partial charge < -0.3 is 24.2 Å². The standard InChI is InChI=1S/C10H14NO5P.2Na/c1-8(12)11-10(7-16-17(13,14)15)9-5-3-2-4-6-9;;/h2-6,10H,7H2,1H3,(H,11,12)(H2,13,14,15);;/q;2*+1/p-2/t10-;;/m0../s1. The molecule has 0 heterocycles. The van der Waals surface area contributed by atoms with Crippen molar-refractivity contribution in [1.82, 2.24) is 5.32 Å². The first-order valence-corrected chi connectivity index (χ1v) is 6.33. The quantitative estimate of drug-likeness (QED) is 0.431. The molecule has 0 unspecified atom stereocenters. The summed E-state index contributed by atoms with van der Waals surface area (Å²) in [7, 11) is -5.03. The summed E-state index contributed by atoms with van der Waals surface area (Å²) in [5.74, 6) is -0.339. The second-order valence-corrected chi connectivity index (χ2v) is 4.56. The molecule has 0 aliphatic heterocycles. The van der Waals surface area contributed by atoms with Gasteiger partial charge in [0.15, 0.2) is 0 Å². The maximum absolute atomic E-state index is 11.0. The van der Waals surface area contributed by atoms with E-state index in [2.05, 4.69) is 9.84 Å². The molecule has 0 aliphatic carbocycles. The molecule has 1 aromatic carbocycles. The molecule has 9 heteroatoms. The minimum atomic E-state index is -5.03. The normalized spacial score (nSPS) is 11.7. The molecule has 0 saturated heterocycles. The predicted molar refractivity (Wildman–Crippen MR) is 56.6 cm³/mol. The molecule has 0 saturated carbocycles. The van der Waals surface area contributed by atoms with Crippen molar-refractivity contribution in [3.63, 3.8) is 0 Å². The number of nitrogens with one attached hydrogen (secondary N) is 1. The Morgan fingerprint density at radius 3 is 2.26 bits per heavy atom. The van der Waals surface area contributed by atoms with Crippen molar-refractivity contribution in [3.05, 3.63) is 35.9 Å². The van der Waals surface area contributed by atoms with E-state index in [0.29, 0.717) is 5.56 Å². The molecule has 0 spiro atoms. The van der Waals surface area contributed by atoms with Crippen molar-refractivity contribution in [2.45, 2.75) is 13.0 Å². The molecule has 19 heavy (non-hydrogen) atoms. The summed E-state index contributed by atoms with van der Waals surface area (Å²) < 4.78 is 14.6. The van der Waals surface area contributed by atoms with Crippen molar-refractivity contribution in [2.24, 2.45) is 0 Å². The van der Waals surface area contributed by atoms with Gasteiger partial charge >= 0.3 is 59.1 Å². The molecule has 0 aliphatic rings. The summed E-state index contributed by atoms with van der Waals surface area (Å²) in [6, 6.07) is 7.98. The van der Waals surface area contributed by atoms with Gasteiger partial charge in [-0.15, -0.1) is 0 Å². The third-order valence-corrected chi connectivity index (χ3v) is 2.44. The smallest absolute Gasteiger partial charge is 0.790 e. The second kappa shape index (κ2) is 10.5. The Bertz CT molecular complexity index is 425. The van der Waals surface area contributed by atoms with Gasteiger partial charge in [0.25, 0.3) is 0 Å². The average molecular weight is 303 g/mol. The van der Waals surface area contributed by atoms with Gasteiger partial charge in [-0.3, -0.25) is 4.79 Å². The molecule has 0 radical (unpaired) electrons. The van der Waals surface area contributed by atoms with E-state index in [1.54, 1.807) is 30.3 Å². The van der Waals surface area contributed by atoms with E-state index in [-0.39, 0.29) is 65.0 Å². The van der Waals surface area contributed by atoms with Gasteiger partial charge in [0, 0.05) is 6.92 Å². The number of hydrogen-bond donors (Lipinski definition) is 1. The van der Waals surface area contributed by atoms with Crippen LogP contribution in [0.15, 0.2) is 30.3 Å². The third-order valence-electron chi connectivity index (χ3n) is 1.98. The molecule has 6 nitrogen and oxygen atoms in total. The van der Waals surface area contributed by atoms with Crippen LogP contribution in [0.4, 0.5) is 0 Å². The molecule has 0 aromatic heterocycles. The number of carbonyl (C=O) groups excluding carboxylic acids is 1. The van der Waals surface area contributed by atoms with Gasteiger partial charge in [-0.1, -0.05) is 30.3 Å². The van der Waals surface area contributed by atoms with Crippen LogP contribution in [0.3, 0.4) is 0 Å². The van der Waals surface area contributed by atoms with Crippen molar-refractivity contribution >= 4 is 13.7 Å². The van der Waals surface area contributed by atoms with Gasteiger partial charge in [0.05, 0.1) is 20.5 Å². The maximum atomic E-state index is 11.0. The fourth-order valence-electron chi connectivity index (χ4n) is 1.32. The zero-order chi connectivity index (χ0) is 12.9. The number of phosphoric acid groups is 1. The zero-order valence-electron chi connectivity index (χ0n) is 11.2. The predicted octanol–water partition coefficient (Wildman–Crippen LogP) is -6.28. The summed E-state index contributed by atoms with van der Waals surface area (Å²) >= 11 is 0. The van der Waals surface area contributed by atoms with E-state index >= 15 is 0 Å². The minimum absolute atomic E-state index is 0. The van der Waals surface area contributed by atoms with Crippen LogP contribution in [0, 0.1) is 0 Å². The van der Waals surface area contributed by atoms with Crippen LogP contribution in [0.2, 0.25) is 0 Å². The Hall–Kier alpha value is 0.800. The Labute approximate surface area is 156 Å². The Morgan fingerprint density at radius 2 is 1.84 bits per heavy atom.